The molecule has 5 heteroatoms. The summed E-state index contributed by atoms with van der Waals surface area (Å²) < 4.78 is 5.44. The molecule has 5 nitrogen and oxygen atoms in total. The van der Waals surface area contributed by atoms with Crippen LogP contribution >= 0.6 is 0 Å². The molecule has 3 heterocycles. The molecule has 1 unspecified atom stereocenters. The summed E-state index contributed by atoms with van der Waals surface area (Å²) in [6.45, 7) is 1.02. The van der Waals surface area contributed by atoms with E-state index >= 15 is 0 Å². The fraction of sp³-hybridized carbons (Fsp3) is 0.267. The minimum Gasteiger partial charge on any atom is -0.334 e. The minimum absolute atomic E-state index is 0.223. The highest BCUT2D eigenvalue weighted by Crippen LogP contribution is 2.28. The van der Waals surface area contributed by atoms with Crippen LogP contribution in [0.3, 0.4) is 0 Å². The van der Waals surface area contributed by atoms with Crippen LogP contribution in [0.4, 0.5) is 0 Å². The van der Waals surface area contributed by atoms with Crippen molar-refractivity contribution in [2.45, 2.75) is 18.9 Å². The molecule has 100 valence electrons. The van der Waals surface area contributed by atoms with E-state index in [1.54, 1.807) is 6.20 Å². The smallest absolute Gasteiger partial charge is 0.258 e. The average molecular weight is 266 g/mol. The number of nitrogens with zero attached hydrogens (tertiary/aromatic N) is 3. The van der Waals surface area contributed by atoms with Gasteiger partial charge >= 0.3 is 0 Å². The third kappa shape index (κ3) is 1.87. The van der Waals surface area contributed by atoms with Gasteiger partial charge in [-0.05, 0) is 37.6 Å². The summed E-state index contributed by atoms with van der Waals surface area (Å²) in [4.78, 5) is 8.89. The monoisotopic (exact) mass is 266 g/mol. The summed E-state index contributed by atoms with van der Waals surface area (Å²) in [5.41, 5.74) is 1.87. The Balaban J connectivity index is 1.79. The Labute approximate surface area is 116 Å². The molecule has 1 saturated heterocycles. The summed E-state index contributed by atoms with van der Waals surface area (Å²) >= 11 is 0. The Morgan fingerprint density at radius 2 is 2.20 bits per heavy atom. The molecule has 0 bridgehead atoms. The molecular weight excluding hydrogens is 252 g/mol. The van der Waals surface area contributed by atoms with Crippen LogP contribution in [0.15, 0.2) is 41.1 Å². The van der Waals surface area contributed by atoms with Gasteiger partial charge in [-0.3, -0.25) is 4.98 Å². The third-order valence-corrected chi connectivity index (χ3v) is 3.69. The molecule has 1 N–H and O–H groups in total. The molecule has 1 atom stereocenters. The minimum atomic E-state index is 0.223. The van der Waals surface area contributed by atoms with Gasteiger partial charge < -0.3 is 9.84 Å². The first-order valence-corrected chi connectivity index (χ1v) is 6.83. The van der Waals surface area contributed by atoms with Crippen LogP contribution in [-0.4, -0.2) is 21.7 Å². The van der Waals surface area contributed by atoms with Crippen LogP contribution in [0, 0.1) is 0 Å². The maximum Gasteiger partial charge on any atom is 0.258 e. The van der Waals surface area contributed by atoms with Crippen LogP contribution in [-0.2, 0) is 0 Å². The van der Waals surface area contributed by atoms with E-state index in [-0.39, 0.29) is 6.04 Å². The van der Waals surface area contributed by atoms with Gasteiger partial charge in [0.2, 0.25) is 0 Å². The van der Waals surface area contributed by atoms with E-state index in [2.05, 4.69) is 20.4 Å². The number of rotatable bonds is 2. The zero-order valence-corrected chi connectivity index (χ0v) is 10.9. The lowest BCUT2D eigenvalue weighted by Crippen LogP contribution is -2.14. The van der Waals surface area contributed by atoms with Crippen molar-refractivity contribution in [2.24, 2.45) is 0 Å². The number of hydrogen-bond acceptors (Lipinski definition) is 5. The van der Waals surface area contributed by atoms with E-state index in [4.69, 9.17) is 4.52 Å². The maximum atomic E-state index is 5.44. The van der Waals surface area contributed by atoms with E-state index in [0.717, 1.165) is 41.7 Å². The number of nitrogens with one attached hydrogen (secondary N) is 1. The second-order valence-corrected chi connectivity index (χ2v) is 4.98. The molecule has 2 aromatic heterocycles. The molecule has 1 fully saturated rings. The lowest BCUT2D eigenvalue weighted by atomic mass is 10.1. The molecule has 0 radical (unpaired) electrons. The first kappa shape index (κ1) is 11.5. The topological polar surface area (TPSA) is 63.8 Å². The number of fused-ring (bicyclic) bond motifs is 1. The highest BCUT2D eigenvalue weighted by molar-refractivity contribution is 5.92. The molecule has 0 saturated carbocycles. The van der Waals surface area contributed by atoms with E-state index in [1.165, 1.54) is 0 Å². The van der Waals surface area contributed by atoms with E-state index in [1.807, 2.05) is 30.3 Å². The standard InChI is InChI=1S/C15H14N4O/c1-4-11(10-5-2-8-16-12(10)6-1)15-18-14(19-20-15)13-7-3-9-17-13/h1-2,4-6,8,13,17H,3,7,9H2. The second kappa shape index (κ2) is 4.68. The Morgan fingerprint density at radius 3 is 3.10 bits per heavy atom. The van der Waals surface area contributed by atoms with Crippen LogP contribution in [0.1, 0.15) is 24.7 Å². The molecule has 0 aliphatic carbocycles. The largest absolute Gasteiger partial charge is 0.334 e. The molecular formula is C15H14N4O. The van der Waals surface area contributed by atoms with Gasteiger partial charge in [-0.2, -0.15) is 4.98 Å². The third-order valence-electron chi connectivity index (χ3n) is 3.69. The quantitative estimate of drug-likeness (QED) is 0.772. The number of aromatic nitrogens is 3. The highest BCUT2D eigenvalue weighted by Gasteiger charge is 2.22. The number of hydrogen-bond donors (Lipinski definition) is 1. The zero-order chi connectivity index (χ0) is 13.4. The van der Waals surface area contributed by atoms with E-state index in [9.17, 15) is 0 Å². The molecule has 1 aromatic carbocycles. The summed E-state index contributed by atoms with van der Waals surface area (Å²) in [6, 6.07) is 10.1. The molecule has 0 amide bonds. The van der Waals surface area contributed by atoms with Crippen molar-refractivity contribution in [2.75, 3.05) is 6.54 Å². The van der Waals surface area contributed by atoms with Crippen LogP contribution in [0.2, 0.25) is 0 Å². The first-order chi connectivity index (χ1) is 9.92. The Bertz CT molecular complexity index is 741. The second-order valence-electron chi connectivity index (χ2n) is 4.98. The summed E-state index contributed by atoms with van der Waals surface area (Å²) in [5.74, 6) is 1.31. The van der Waals surface area contributed by atoms with Crippen LogP contribution in [0.5, 0.6) is 0 Å². The Kier molecular flexibility index (Phi) is 2.70. The predicted octanol–water partition coefficient (Wildman–Crippen LogP) is 2.71. The fourth-order valence-electron chi connectivity index (χ4n) is 2.68. The molecule has 1 aliphatic rings. The SMILES string of the molecule is c1cc(-c2nc(C3CCCN3)no2)c2cccnc2c1. The average Bonchev–Trinajstić information content (AvgIpc) is 3.17. The maximum absolute atomic E-state index is 5.44. The molecule has 4 rings (SSSR count). The molecule has 3 aromatic rings. The predicted molar refractivity (Wildman–Crippen MR) is 75.0 cm³/mol. The number of pyridine rings is 1. The van der Waals surface area contributed by atoms with Crippen molar-refractivity contribution in [1.82, 2.24) is 20.4 Å². The van der Waals surface area contributed by atoms with Gasteiger partial charge in [0.15, 0.2) is 5.82 Å². The fourth-order valence-corrected chi connectivity index (χ4v) is 2.68. The summed E-state index contributed by atoms with van der Waals surface area (Å²) in [6.07, 6.45) is 4.01. The lowest BCUT2D eigenvalue weighted by molar-refractivity contribution is 0.412. The Morgan fingerprint density at radius 1 is 1.20 bits per heavy atom. The van der Waals surface area contributed by atoms with Gasteiger partial charge in [-0.25, -0.2) is 0 Å². The zero-order valence-electron chi connectivity index (χ0n) is 10.9. The highest BCUT2D eigenvalue weighted by atomic mass is 16.5. The van der Waals surface area contributed by atoms with Gasteiger partial charge in [0.25, 0.3) is 5.89 Å². The van der Waals surface area contributed by atoms with Gasteiger partial charge in [0.1, 0.15) is 0 Å². The van der Waals surface area contributed by atoms with E-state index in [0.29, 0.717) is 5.89 Å². The Hall–Kier alpha value is -2.27. The van der Waals surface area contributed by atoms with Crippen molar-refractivity contribution in [3.8, 4) is 11.5 Å². The van der Waals surface area contributed by atoms with Gasteiger partial charge in [0, 0.05) is 17.1 Å². The number of benzene rings is 1. The van der Waals surface area contributed by atoms with Crippen LogP contribution in [0.25, 0.3) is 22.4 Å². The van der Waals surface area contributed by atoms with Gasteiger partial charge in [0.05, 0.1) is 11.6 Å². The molecule has 1 aliphatic heterocycles. The molecule has 0 spiro atoms. The lowest BCUT2D eigenvalue weighted by Gasteiger charge is -2.02. The van der Waals surface area contributed by atoms with Crippen molar-refractivity contribution >= 4 is 10.9 Å². The summed E-state index contributed by atoms with van der Waals surface area (Å²) in [7, 11) is 0. The van der Waals surface area contributed by atoms with Crippen molar-refractivity contribution in [1.29, 1.82) is 0 Å². The normalized spacial score (nSPS) is 18.7. The van der Waals surface area contributed by atoms with Crippen LogP contribution < -0.4 is 5.32 Å². The van der Waals surface area contributed by atoms with Crippen molar-refractivity contribution < 1.29 is 4.52 Å². The summed E-state index contributed by atoms with van der Waals surface area (Å²) in [5, 5.41) is 8.52. The van der Waals surface area contributed by atoms with E-state index < -0.39 is 0 Å². The molecule has 20 heavy (non-hydrogen) atoms. The van der Waals surface area contributed by atoms with Gasteiger partial charge in [-0.15, -0.1) is 0 Å². The first-order valence-electron chi connectivity index (χ1n) is 6.83. The van der Waals surface area contributed by atoms with Crippen molar-refractivity contribution in [3.63, 3.8) is 0 Å². The van der Waals surface area contributed by atoms with Crippen molar-refractivity contribution in [3.05, 3.63) is 42.4 Å². The van der Waals surface area contributed by atoms with Gasteiger partial charge in [-0.1, -0.05) is 17.3 Å².